The Labute approximate surface area is 102 Å². The number of rotatable bonds is 0. The fourth-order valence-corrected chi connectivity index (χ4v) is 3.71. The molecule has 1 aromatic rings. The zero-order valence-corrected chi connectivity index (χ0v) is 10.5. The molecule has 16 heavy (non-hydrogen) atoms. The number of benzene rings is 1. The Morgan fingerprint density at radius 2 is 2.06 bits per heavy atom. The number of hydrogen-bond donors (Lipinski definition) is 1. The Morgan fingerprint density at radius 3 is 2.81 bits per heavy atom. The minimum Gasteiger partial charge on any atom is -0.378 e. The van der Waals surface area contributed by atoms with Crippen LogP contribution in [0.3, 0.4) is 0 Å². The van der Waals surface area contributed by atoms with Gasteiger partial charge in [0, 0.05) is 5.54 Å². The first-order valence-corrected chi connectivity index (χ1v) is 6.65. The summed E-state index contributed by atoms with van der Waals surface area (Å²) >= 11 is 6.31. The van der Waals surface area contributed by atoms with Crippen molar-refractivity contribution in [2.24, 2.45) is 0 Å². The maximum atomic E-state index is 6.31. The van der Waals surface area contributed by atoms with Crippen LogP contribution in [0.25, 0.3) is 0 Å². The summed E-state index contributed by atoms with van der Waals surface area (Å²) in [7, 11) is 0. The molecular formula is C14H18ClN. The number of anilines is 1. The molecule has 1 nitrogen and oxygen atoms in total. The number of fused-ring (bicyclic) bond motifs is 1. The maximum Gasteiger partial charge on any atom is 0.0640 e. The van der Waals surface area contributed by atoms with Crippen LogP contribution in [0.4, 0.5) is 5.69 Å². The highest BCUT2D eigenvalue weighted by Crippen LogP contribution is 2.48. The minimum absolute atomic E-state index is 0.345. The van der Waals surface area contributed by atoms with Gasteiger partial charge in [-0.05, 0) is 36.8 Å². The molecule has 1 atom stereocenters. The molecule has 1 heterocycles. The first kappa shape index (κ1) is 10.5. The highest BCUT2D eigenvalue weighted by Gasteiger charge is 2.39. The molecule has 2 heteroatoms. The highest BCUT2D eigenvalue weighted by atomic mass is 35.5. The van der Waals surface area contributed by atoms with E-state index in [1.807, 2.05) is 6.07 Å². The van der Waals surface area contributed by atoms with Gasteiger partial charge < -0.3 is 5.32 Å². The van der Waals surface area contributed by atoms with Crippen molar-refractivity contribution in [1.82, 2.24) is 0 Å². The SMILES string of the molecule is CC1CC2(CCCC2)Nc2c(Cl)cccc21. The topological polar surface area (TPSA) is 12.0 Å². The van der Waals surface area contributed by atoms with E-state index in [0.717, 1.165) is 5.02 Å². The first-order chi connectivity index (χ1) is 7.70. The van der Waals surface area contributed by atoms with E-state index in [0.29, 0.717) is 11.5 Å². The predicted molar refractivity (Wildman–Crippen MR) is 69.3 cm³/mol. The zero-order chi connectivity index (χ0) is 11.2. The third-order valence-electron chi connectivity index (χ3n) is 4.22. The molecule has 86 valence electrons. The van der Waals surface area contributed by atoms with E-state index >= 15 is 0 Å². The summed E-state index contributed by atoms with van der Waals surface area (Å²) in [6.45, 7) is 2.33. The smallest absolute Gasteiger partial charge is 0.0640 e. The lowest BCUT2D eigenvalue weighted by Gasteiger charge is -2.40. The second-order valence-electron chi connectivity index (χ2n) is 5.42. The standard InChI is InChI=1S/C14H18ClN/c1-10-9-14(7-2-3-8-14)16-13-11(10)5-4-6-12(13)15/h4-6,10,16H,2-3,7-9H2,1H3. The summed E-state index contributed by atoms with van der Waals surface area (Å²) in [6.07, 6.45) is 6.60. The van der Waals surface area contributed by atoms with Crippen LogP contribution in [0.1, 0.15) is 50.5 Å². The van der Waals surface area contributed by atoms with Gasteiger partial charge in [0.1, 0.15) is 0 Å². The lowest BCUT2D eigenvalue weighted by molar-refractivity contribution is 0.396. The molecule has 1 aliphatic carbocycles. The van der Waals surface area contributed by atoms with Crippen LogP contribution in [0.5, 0.6) is 0 Å². The van der Waals surface area contributed by atoms with Crippen molar-refractivity contribution in [2.75, 3.05) is 5.32 Å². The molecule has 0 saturated heterocycles. The maximum absolute atomic E-state index is 6.31. The Hall–Kier alpha value is -0.690. The van der Waals surface area contributed by atoms with Crippen molar-refractivity contribution >= 4 is 17.3 Å². The summed E-state index contributed by atoms with van der Waals surface area (Å²) in [4.78, 5) is 0. The molecule has 1 unspecified atom stereocenters. The lowest BCUT2D eigenvalue weighted by Crippen LogP contribution is -2.40. The number of hydrogen-bond acceptors (Lipinski definition) is 1. The fraction of sp³-hybridized carbons (Fsp3) is 0.571. The summed E-state index contributed by atoms with van der Waals surface area (Å²) < 4.78 is 0. The van der Waals surface area contributed by atoms with Crippen LogP contribution >= 0.6 is 11.6 Å². The molecule has 0 amide bonds. The zero-order valence-electron chi connectivity index (χ0n) is 9.72. The van der Waals surface area contributed by atoms with Crippen molar-refractivity contribution in [3.63, 3.8) is 0 Å². The molecular weight excluding hydrogens is 218 g/mol. The molecule has 1 fully saturated rings. The third kappa shape index (κ3) is 1.53. The van der Waals surface area contributed by atoms with Gasteiger partial charge in [-0.2, -0.15) is 0 Å². The summed E-state index contributed by atoms with van der Waals surface area (Å²) in [6, 6.07) is 6.26. The van der Waals surface area contributed by atoms with Crippen LogP contribution < -0.4 is 5.32 Å². The molecule has 1 aromatic carbocycles. The van der Waals surface area contributed by atoms with E-state index in [-0.39, 0.29) is 0 Å². The molecule has 1 aliphatic heterocycles. The number of nitrogens with one attached hydrogen (secondary N) is 1. The molecule has 0 radical (unpaired) electrons. The van der Waals surface area contributed by atoms with Gasteiger partial charge in [0.15, 0.2) is 0 Å². The highest BCUT2D eigenvalue weighted by molar-refractivity contribution is 6.33. The second kappa shape index (κ2) is 3.66. The van der Waals surface area contributed by atoms with Gasteiger partial charge in [0.05, 0.1) is 10.7 Å². The van der Waals surface area contributed by atoms with Crippen LogP contribution in [-0.2, 0) is 0 Å². The molecule has 3 rings (SSSR count). The lowest BCUT2D eigenvalue weighted by atomic mass is 9.79. The van der Waals surface area contributed by atoms with E-state index in [4.69, 9.17) is 11.6 Å². The molecule has 0 bridgehead atoms. The van der Waals surface area contributed by atoms with Gasteiger partial charge in [-0.3, -0.25) is 0 Å². The van der Waals surface area contributed by atoms with Gasteiger partial charge in [0.25, 0.3) is 0 Å². The second-order valence-corrected chi connectivity index (χ2v) is 5.83. The molecule has 1 saturated carbocycles. The average Bonchev–Trinajstić information content (AvgIpc) is 2.68. The molecule has 1 N–H and O–H groups in total. The molecule has 2 aliphatic rings. The summed E-state index contributed by atoms with van der Waals surface area (Å²) in [5.74, 6) is 0.632. The Bertz CT molecular complexity index is 407. The third-order valence-corrected chi connectivity index (χ3v) is 4.54. The summed E-state index contributed by atoms with van der Waals surface area (Å²) in [5, 5.41) is 4.62. The van der Waals surface area contributed by atoms with E-state index in [1.165, 1.54) is 43.4 Å². The summed E-state index contributed by atoms with van der Waals surface area (Å²) in [5.41, 5.74) is 2.94. The van der Waals surface area contributed by atoms with Gasteiger partial charge >= 0.3 is 0 Å². The molecule has 0 aromatic heterocycles. The van der Waals surface area contributed by atoms with Gasteiger partial charge in [-0.25, -0.2) is 0 Å². The quantitative estimate of drug-likeness (QED) is 0.695. The van der Waals surface area contributed by atoms with Crippen LogP contribution in [0.15, 0.2) is 18.2 Å². The number of halogens is 1. The normalized spacial score (nSPS) is 26.5. The van der Waals surface area contributed by atoms with E-state index in [2.05, 4.69) is 24.4 Å². The monoisotopic (exact) mass is 235 g/mol. The van der Waals surface area contributed by atoms with E-state index in [9.17, 15) is 0 Å². The van der Waals surface area contributed by atoms with Crippen molar-refractivity contribution < 1.29 is 0 Å². The van der Waals surface area contributed by atoms with Crippen molar-refractivity contribution in [3.8, 4) is 0 Å². The van der Waals surface area contributed by atoms with Gasteiger partial charge in [0.2, 0.25) is 0 Å². The Kier molecular flexibility index (Phi) is 2.39. The Balaban J connectivity index is 2.04. The van der Waals surface area contributed by atoms with Gasteiger partial charge in [-0.1, -0.05) is 43.5 Å². The number of para-hydroxylation sites is 1. The predicted octanol–water partition coefficient (Wildman–Crippen LogP) is 4.57. The largest absolute Gasteiger partial charge is 0.378 e. The van der Waals surface area contributed by atoms with Crippen LogP contribution in [0, 0.1) is 0 Å². The van der Waals surface area contributed by atoms with E-state index < -0.39 is 0 Å². The van der Waals surface area contributed by atoms with Crippen molar-refractivity contribution in [2.45, 2.75) is 50.5 Å². The van der Waals surface area contributed by atoms with E-state index in [1.54, 1.807) is 0 Å². The van der Waals surface area contributed by atoms with Crippen molar-refractivity contribution in [3.05, 3.63) is 28.8 Å². The minimum atomic E-state index is 0.345. The van der Waals surface area contributed by atoms with Crippen LogP contribution in [0.2, 0.25) is 5.02 Å². The Morgan fingerprint density at radius 1 is 1.31 bits per heavy atom. The average molecular weight is 236 g/mol. The molecule has 1 spiro atoms. The van der Waals surface area contributed by atoms with Crippen LogP contribution in [-0.4, -0.2) is 5.54 Å². The van der Waals surface area contributed by atoms with Gasteiger partial charge in [-0.15, -0.1) is 0 Å². The fourth-order valence-electron chi connectivity index (χ4n) is 3.48. The first-order valence-electron chi connectivity index (χ1n) is 6.27. The van der Waals surface area contributed by atoms with Crippen molar-refractivity contribution in [1.29, 1.82) is 0 Å².